The zero-order chi connectivity index (χ0) is 25.1. The summed E-state index contributed by atoms with van der Waals surface area (Å²) in [5.74, 6) is -0.0141. The second-order valence-electron chi connectivity index (χ2n) is 8.13. The maximum Gasteiger partial charge on any atom is 0.431 e. The summed E-state index contributed by atoms with van der Waals surface area (Å²) >= 11 is 5.65. The van der Waals surface area contributed by atoms with Crippen LogP contribution < -0.4 is 25.3 Å². The van der Waals surface area contributed by atoms with E-state index in [0.717, 1.165) is 5.56 Å². The quantitative estimate of drug-likeness (QED) is 0.363. The van der Waals surface area contributed by atoms with Gasteiger partial charge in [-0.05, 0) is 67.7 Å². The van der Waals surface area contributed by atoms with Crippen LogP contribution in [0.5, 0.6) is 5.75 Å². The SMILES string of the molecule is CCOc1ccc(NC(=O)CC2C(=O)N(c3ccc(C)cc3)C(=S)N2Cc2c(=O)o[nH][n+]2C)cc1. The molecule has 4 rings (SSSR count). The first-order chi connectivity index (χ1) is 16.8. The van der Waals surface area contributed by atoms with E-state index in [2.05, 4.69) is 10.6 Å². The molecule has 0 bridgehead atoms. The molecule has 0 aliphatic carbocycles. The molecular weight excluding hydrogens is 470 g/mol. The molecule has 1 fully saturated rings. The Balaban J connectivity index is 1.58. The molecule has 1 atom stereocenters. The van der Waals surface area contributed by atoms with Gasteiger partial charge >= 0.3 is 11.3 Å². The number of ether oxygens (including phenoxy) is 1. The minimum atomic E-state index is -0.902. The molecule has 2 aromatic carbocycles. The average molecular weight is 497 g/mol. The van der Waals surface area contributed by atoms with Gasteiger partial charge in [0.1, 0.15) is 18.3 Å². The van der Waals surface area contributed by atoms with Gasteiger partial charge in [0.25, 0.3) is 5.91 Å². The van der Waals surface area contributed by atoms with Gasteiger partial charge in [-0.2, -0.15) is 0 Å². The van der Waals surface area contributed by atoms with Crippen molar-refractivity contribution in [1.29, 1.82) is 0 Å². The van der Waals surface area contributed by atoms with Gasteiger partial charge in [-0.1, -0.05) is 22.4 Å². The normalized spacial score (nSPS) is 15.6. The number of carbonyl (C=O) groups is 2. The average Bonchev–Trinajstić information content (AvgIpc) is 3.26. The topological polar surface area (TPSA) is 112 Å². The van der Waals surface area contributed by atoms with Crippen molar-refractivity contribution in [2.45, 2.75) is 32.9 Å². The number of nitrogens with zero attached hydrogens (tertiary/aromatic N) is 3. The van der Waals surface area contributed by atoms with Crippen LogP contribution in [0.1, 0.15) is 24.6 Å². The number of thiocarbonyl (C=S) groups is 1. The van der Waals surface area contributed by atoms with Crippen LogP contribution >= 0.6 is 12.2 Å². The second kappa shape index (κ2) is 10.1. The lowest BCUT2D eigenvalue weighted by molar-refractivity contribution is -0.746. The highest BCUT2D eigenvalue weighted by Crippen LogP contribution is 2.28. The molecule has 182 valence electrons. The zero-order valence-electron chi connectivity index (χ0n) is 19.6. The van der Waals surface area contributed by atoms with Crippen LogP contribution in [0.25, 0.3) is 0 Å². The van der Waals surface area contributed by atoms with Gasteiger partial charge in [0.2, 0.25) is 5.91 Å². The lowest BCUT2D eigenvalue weighted by atomic mass is 10.1. The summed E-state index contributed by atoms with van der Waals surface area (Å²) in [6, 6.07) is 13.4. The monoisotopic (exact) mass is 496 g/mol. The van der Waals surface area contributed by atoms with Crippen LogP contribution in [-0.4, -0.2) is 39.7 Å². The first kappa shape index (κ1) is 24.1. The standard InChI is InChI=1S/C24H25N5O5S/c1-4-33-18-11-7-16(8-12-18)25-21(30)13-19-22(31)29(17-9-5-15(2)6-10-17)24(35)28(19)14-20-23(32)34-26-27(20)3/h5-12,19H,4,13-14H2,1-3H3,(H-,25,26,30,32)/p+1. The fourth-order valence-corrected chi connectivity index (χ4v) is 4.21. The molecule has 2 heterocycles. The molecule has 1 aliphatic rings. The first-order valence-electron chi connectivity index (χ1n) is 11.1. The number of rotatable bonds is 8. The third-order valence-electron chi connectivity index (χ3n) is 5.67. The Morgan fingerprint density at radius 2 is 1.86 bits per heavy atom. The minimum absolute atomic E-state index is 0.00370. The molecule has 0 radical (unpaired) electrons. The minimum Gasteiger partial charge on any atom is -0.494 e. The number of aryl methyl sites for hydroxylation is 2. The molecule has 35 heavy (non-hydrogen) atoms. The number of anilines is 2. The van der Waals surface area contributed by atoms with Crippen LogP contribution in [0.4, 0.5) is 11.4 Å². The van der Waals surface area contributed by atoms with Gasteiger partial charge in [0, 0.05) is 5.69 Å². The van der Waals surface area contributed by atoms with Crippen LogP contribution in [0.3, 0.4) is 0 Å². The number of amides is 2. The van der Waals surface area contributed by atoms with Crippen molar-refractivity contribution in [3.8, 4) is 5.75 Å². The van der Waals surface area contributed by atoms with E-state index in [-0.39, 0.29) is 35.6 Å². The van der Waals surface area contributed by atoms with Gasteiger partial charge in [-0.15, -0.1) is 0 Å². The van der Waals surface area contributed by atoms with E-state index in [1.54, 1.807) is 48.3 Å². The first-order valence-corrected chi connectivity index (χ1v) is 11.5. The number of hydrogen-bond donors (Lipinski definition) is 2. The smallest absolute Gasteiger partial charge is 0.431 e. The summed E-state index contributed by atoms with van der Waals surface area (Å²) in [5.41, 5.74) is 1.89. The summed E-state index contributed by atoms with van der Waals surface area (Å²) in [5, 5.41) is 5.48. The van der Waals surface area contributed by atoms with E-state index in [4.69, 9.17) is 21.5 Å². The van der Waals surface area contributed by atoms with Crippen molar-refractivity contribution in [2.75, 3.05) is 16.8 Å². The Labute approximate surface area is 207 Å². The molecule has 11 heteroatoms. The van der Waals surface area contributed by atoms with Gasteiger partial charge < -0.3 is 15.0 Å². The number of nitrogens with one attached hydrogen (secondary N) is 2. The van der Waals surface area contributed by atoms with E-state index in [1.165, 1.54) is 9.58 Å². The van der Waals surface area contributed by atoms with Gasteiger partial charge in [-0.25, -0.2) is 4.79 Å². The lowest BCUT2D eigenvalue weighted by Crippen LogP contribution is -2.44. The maximum absolute atomic E-state index is 13.5. The third-order valence-corrected chi connectivity index (χ3v) is 6.09. The third kappa shape index (κ3) is 5.09. The molecule has 1 saturated heterocycles. The summed E-state index contributed by atoms with van der Waals surface area (Å²) in [4.78, 5) is 41.6. The van der Waals surface area contributed by atoms with Crippen molar-refractivity contribution in [3.63, 3.8) is 0 Å². The van der Waals surface area contributed by atoms with Crippen LogP contribution in [0, 0.1) is 6.92 Å². The Kier molecular flexibility index (Phi) is 6.97. The summed E-state index contributed by atoms with van der Waals surface area (Å²) in [6.45, 7) is 4.37. The van der Waals surface area contributed by atoms with Gasteiger partial charge in [0.15, 0.2) is 12.2 Å². The largest absolute Gasteiger partial charge is 0.494 e. The second-order valence-corrected chi connectivity index (χ2v) is 8.50. The predicted octanol–water partition coefficient (Wildman–Crippen LogP) is 2.03. The highest BCUT2D eigenvalue weighted by molar-refractivity contribution is 7.80. The maximum atomic E-state index is 13.5. The number of H-pyrrole nitrogens is 1. The Hall–Kier alpha value is -3.99. The van der Waals surface area contributed by atoms with E-state index in [1.807, 2.05) is 26.0 Å². The van der Waals surface area contributed by atoms with E-state index in [0.29, 0.717) is 23.7 Å². The molecule has 1 unspecified atom stereocenters. The van der Waals surface area contributed by atoms with Gasteiger partial charge in [-0.3, -0.25) is 19.0 Å². The Morgan fingerprint density at radius 3 is 2.46 bits per heavy atom. The van der Waals surface area contributed by atoms with E-state index in [9.17, 15) is 14.4 Å². The summed E-state index contributed by atoms with van der Waals surface area (Å²) in [7, 11) is 1.62. The molecule has 10 nitrogen and oxygen atoms in total. The van der Waals surface area contributed by atoms with Crippen molar-refractivity contribution in [2.24, 2.45) is 7.05 Å². The highest BCUT2D eigenvalue weighted by atomic mass is 32.1. The fourth-order valence-electron chi connectivity index (χ4n) is 3.83. The molecular formula is C24H26N5O5S+. The number of carbonyl (C=O) groups excluding carboxylic acids is 2. The number of hydrogen-bond acceptors (Lipinski definition) is 6. The molecule has 2 amide bonds. The lowest BCUT2D eigenvalue weighted by Gasteiger charge is -2.21. The molecule has 1 aromatic heterocycles. The van der Waals surface area contributed by atoms with Crippen molar-refractivity contribution in [3.05, 3.63) is 70.2 Å². The van der Waals surface area contributed by atoms with Gasteiger partial charge in [0.05, 0.1) is 18.7 Å². The van der Waals surface area contributed by atoms with Crippen molar-refractivity contribution in [1.82, 2.24) is 10.2 Å². The van der Waals surface area contributed by atoms with Crippen molar-refractivity contribution < 1.29 is 23.5 Å². The Morgan fingerprint density at radius 1 is 1.17 bits per heavy atom. The summed E-state index contributed by atoms with van der Waals surface area (Å²) < 4.78 is 11.7. The van der Waals surface area contributed by atoms with Crippen LogP contribution in [-0.2, 0) is 23.2 Å². The molecule has 3 aromatic rings. The fraction of sp³-hybridized carbons (Fsp3) is 0.292. The predicted molar refractivity (Wildman–Crippen MR) is 132 cm³/mol. The highest BCUT2D eigenvalue weighted by Gasteiger charge is 2.45. The molecule has 0 saturated carbocycles. The zero-order valence-corrected chi connectivity index (χ0v) is 20.4. The summed E-state index contributed by atoms with van der Waals surface area (Å²) in [6.07, 6.45) is -0.159. The molecule has 0 spiro atoms. The number of benzene rings is 2. The van der Waals surface area contributed by atoms with E-state index >= 15 is 0 Å². The van der Waals surface area contributed by atoms with Crippen LogP contribution in [0.15, 0.2) is 57.8 Å². The van der Waals surface area contributed by atoms with E-state index < -0.39 is 11.7 Å². The molecule has 2 N–H and O–H groups in total. The molecule has 1 aliphatic heterocycles. The van der Waals surface area contributed by atoms with Crippen molar-refractivity contribution >= 4 is 40.5 Å². The number of aromatic nitrogens is 2. The van der Waals surface area contributed by atoms with Crippen LogP contribution in [0.2, 0.25) is 0 Å². The Bertz CT molecular complexity index is 1300. The number of aromatic amines is 1.